The van der Waals surface area contributed by atoms with Crippen LogP contribution in [0, 0.1) is 0 Å². The number of ether oxygens (including phenoxy) is 4. The van der Waals surface area contributed by atoms with E-state index in [4.69, 9.17) is 18.9 Å². The lowest BCUT2D eigenvalue weighted by Crippen LogP contribution is -2.31. The number of hydrogen-bond acceptors (Lipinski definition) is 5. The zero-order chi connectivity index (χ0) is 17.8. The van der Waals surface area contributed by atoms with Gasteiger partial charge < -0.3 is 24.3 Å². The van der Waals surface area contributed by atoms with Gasteiger partial charge in [-0.3, -0.25) is 0 Å². The maximum absolute atomic E-state index is 5.48. The van der Waals surface area contributed by atoms with Crippen LogP contribution in [0.1, 0.15) is 22.7 Å². The Morgan fingerprint density at radius 2 is 1.46 bits per heavy atom. The summed E-state index contributed by atoms with van der Waals surface area (Å²) in [4.78, 5) is 0. The molecule has 0 aromatic heterocycles. The Kier molecular flexibility index (Phi) is 7.00. The first-order chi connectivity index (χ1) is 12.2. The Hall–Kier alpha value is -2.11. The predicted molar refractivity (Wildman–Crippen MR) is 104 cm³/mol. The first kappa shape index (κ1) is 20.2. The van der Waals surface area contributed by atoms with Gasteiger partial charge in [0.1, 0.15) is 0 Å². The highest BCUT2D eigenvalue weighted by molar-refractivity contribution is 5.85. The van der Waals surface area contributed by atoms with E-state index in [1.54, 1.807) is 28.4 Å². The molecule has 0 aliphatic carbocycles. The molecule has 1 N–H and O–H groups in total. The maximum atomic E-state index is 5.48. The van der Waals surface area contributed by atoms with Gasteiger partial charge in [-0.15, -0.1) is 12.4 Å². The van der Waals surface area contributed by atoms with Crippen LogP contribution in [0.25, 0.3) is 0 Å². The topological polar surface area (TPSA) is 49.0 Å². The van der Waals surface area contributed by atoms with Crippen molar-refractivity contribution in [2.24, 2.45) is 0 Å². The molecule has 0 amide bonds. The Balaban J connectivity index is 0.00000243. The molecule has 6 heteroatoms. The second-order valence-electron chi connectivity index (χ2n) is 6.06. The zero-order valence-corrected chi connectivity index (χ0v) is 16.4. The number of rotatable bonds is 6. The molecule has 1 unspecified atom stereocenters. The van der Waals surface area contributed by atoms with Gasteiger partial charge in [-0.25, -0.2) is 0 Å². The minimum atomic E-state index is 0. The van der Waals surface area contributed by atoms with Gasteiger partial charge in [-0.05, 0) is 60.3 Å². The molecular weight excluding hydrogens is 354 g/mol. The molecule has 1 heterocycles. The van der Waals surface area contributed by atoms with Crippen LogP contribution in [0.15, 0.2) is 30.3 Å². The molecule has 1 aliphatic heterocycles. The molecule has 2 aromatic carbocycles. The van der Waals surface area contributed by atoms with E-state index in [1.807, 2.05) is 12.1 Å². The van der Waals surface area contributed by atoms with Crippen molar-refractivity contribution in [3.63, 3.8) is 0 Å². The number of benzene rings is 2. The highest BCUT2D eigenvalue weighted by Crippen LogP contribution is 2.37. The largest absolute Gasteiger partial charge is 0.493 e. The molecule has 1 aliphatic rings. The van der Waals surface area contributed by atoms with Crippen LogP contribution in [0.3, 0.4) is 0 Å². The fourth-order valence-electron chi connectivity index (χ4n) is 3.39. The lowest BCUT2D eigenvalue weighted by molar-refractivity contribution is 0.351. The minimum Gasteiger partial charge on any atom is -0.493 e. The first-order valence-corrected chi connectivity index (χ1v) is 8.39. The smallest absolute Gasteiger partial charge is 0.161 e. The minimum absolute atomic E-state index is 0. The fourth-order valence-corrected chi connectivity index (χ4v) is 3.39. The monoisotopic (exact) mass is 379 g/mol. The van der Waals surface area contributed by atoms with E-state index < -0.39 is 0 Å². The SMILES string of the molecule is COc1ccc(CC2NCCc3cc(OC)c(OC)cc32)cc1OC.Cl. The zero-order valence-electron chi connectivity index (χ0n) is 15.6. The van der Waals surface area contributed by atoms with E-state index in [9.17, 15) is 0 Å². The summed E-state index contributed by atoms with van der Waals surface area (Å²) in [6.45, 7) is 0.945. The van der Waals surface area contributed by atoms with E-state index in [0.29, 0.717) is 0 Å². The second-order valence-corrected chi connectivity index (χ2v) is 6.06. The van der Waals surface area contributed by atoms with Crippen LogP contribution in [0.4, 0.5) is 0 Å². The third-order valence-corrected chi connectivity index (χ3v) is 4.69. The summed E-state index contributed by atoms with van der Waals surface area (Å²) in [6, 6.07) is 10.5. The quantitative estimate of drug-likeness (QED) is 0.831. The van der Waals surface area contributed by atoms with Gasteiger partial charge in [-0.1, -0.05) is 6.07 Å². The summed E-state index contributed by atoms with van der Waals surface area (Å²) in [5.41, 5.74) is 3.76. The summed E-state index contributed by atoms with van der Waals surface area (Å²) in [5, 5.41) is 3.61. The van der Waals surface area contributed by atoms with Crippen LogP contribution in [-0.4, -0.2) is 35.0 Å². The van der Waals surface area contributed by atoms with Crippen LogP contribution in [-0.2, 0) is 12.8 Å². The number of halogens is 1. The number of methoxy groups -OCH3 is 4. The second kappa shape index (κ2) is 9.01. The molecule has 0 saturated heterocycles. The van der Waals surface area contributed by atoms with Crippen molar-refractivity contribution in [1.29, 1.82) is 0 Å². The Bertz CT molecular complexity index is 751. The molecule has 0 radical (unpaired) electrons. The summed E-state index contributed by atoms with van der Waals surface area (Å²) in [5.74, 6) is 3.05. The Labute approximate surface area is 161 Å². The lowest BCUT2D eigenvalue weighted by atomic mass is 9.89. The molecule has 5 nitrogen and oxygen atoms in total. The molecule has 0 fully saturated rings. The van der Waals surface area contributed by atoms with Crippen molar-refractivity contribution in [2.45, 2.75) is 18.9 Å². The van der Waals surface area contributed by atoms with Crippen LogP contribution in [0.5, 0.6) is 23.0 Å². The van der Waals surface area contributed by atoms with Gasteiger partial charge in [0.2, 0.25) is 0 Å². The fraction of sp³-hybridized carbons (Fsp3) is 0.400. The van der Waals surface area contributed by atoms with E-state index in [1.165, 1.54) is 16.7 Å². The summed E-state index contributed by atoms with van der Waals surface area (Å²) >= 11 is 0. The van der Waals surface area contributed by atoms with Crippen LogP contribution < -0.4 is 24.3 Å². The summed E-state index contributed by atoms with van der Waals surface area (Å²) in [6.07, 6.45) is 1.85. The molecular formula is C20H26ClNO4. The molecule has 1 atom stereocenters. The van der Waals surface area contributed by atoms with E-state index >= 15 is 0 Å². The number of fused-ring (bicyclic) bond motifs is 1. The average Bonchev–Trinajstić information content (AvgIpc) is 2.66. The van der Waals surface area contributed by atoms with Gasteiger partial charge in [0.25, 0.3) is 0 Å². The first-order valence-electron chi connectivity index (χ1n) is 8.39. The Morgan fingerprint density at radius 1 is 0.846 bits per heavy atom. The molecule has 0 bridgehead atoms. The standard InChI is InChI=1S/C20H25NO4.ClH/c1-22-17-6-5-13(10-18(17)23-2)9-16-15-12-20(25-4)19(24-3)11-14(15)7-8-21-16;/h5-6,10-12,16,21H,7-9H2,1-4H3;1H. The summed E-state index contributed by atoms with van der Waals surface area (Å²) < 4.78 is 21.7. The maximum Gasteiger partial charge on any atom is 0.161 e. The van der Waals surface area contributed by atoms with Gasteiger partial charge in [0.15, 0.2) is 23.0 Å². The predicted octanol–water partition coefficient (Wildman–Crippen LogP) is 3.57. The van der Waals surface area contributed by atoms with Crippen LogP contribution >= 0.6 is 12.4 Å². The molecule has 3 rings (SSSR count). The van der Waals surface area contributed by atoms with Gasteiger partial charge in [0.05, 0.1) is 28.4 Å². The third kappa shape index (κ3) is 4.00. The normalized spacial score (nSPS) is 15.5. The van der Waals surface area contributed by atoms with E-state index in [2.05, 4.69) is 23.5 Å². The Morgan fingerprint density at radius 3 is 2.12 bits per heavy atom. The van der Waals surface area contributed by atoms with Crippen molar-refractivity contribution in [2.75, 3.05) is 35.0 Å². The van der Waals surface area contributed by atoms with Gasteiger partial charge in [-0.2, -0.15) is 0 Å². The molecule has 0 spiro atoms. The van der Waals surface area contributed by atoms with Crippen molar-refractivity contribution in [3.05, 3.63) is 47.0 Å². The van der Waals surface area contributed by atoms with E-state index in [-0.39, 0.29) is 18.4 Å². The van der Waals surface area contributed by atoms with Crippen molar-refractivity contribution >= 4 is 12.4 Å². The molecule has 26 heavy (non-hydrogen) atoms. The highest BCUT2D eigenvalue weighted by atomic mass is 35.5. The van der Waals surface area contributed by atoms with Gasteiger partial charge >= 0.3 is 0 Å². The number of nitrogens with one attached hydrogen (secondary N) is 1. The summed E-state index contributed by atoms with van der Waals surface area (Å²) in [7, 11) is 6.65. The number of hydrogen-bond donors (Lipinski definition) is 1. The van der Waals surface area contributed by atoms with Crippen molar-refractivity contribution < 1.29 is 18.9 Å². The van der Waals surface area contributed by atoms with Crippen molar-refractivity contribution in [1.82, 2.24) is 5.32 Å². The molecule has 2 aromatic rings. The average molecular weight is 380 g/mol. The lowest BCUT2D eigenvalue weighted by Gasteiger charge is -2.28. The van der Waals surface area contributed by atoms with Crippen molar-refractivity contribution in [3.8, 4) is 23.0 Å². The highest BCUT2D eigenvalue weighted by Gasteiger charge is 2.23. The molecule has 142 valence electrons. The van der Waals surface area contributed by atoms with E-state index in [0.717, 1.165) is 42.4 Å². The van der Waals surface area contributed by atoms with Crippen LogP contribution in [0.2, 0.25) is 0 Å². The van der Waals surface area contributed by atoms with Gasteiger partial charge in [0, 0.05) is 6.04 Å². The third-order valence-electron chi connectivity index (χ3n) is 4.69. The molecule has 0 saturated carbocycles.